The zero-order valence-electron chi connectivity index (χ0n) is 11.9. The van der Waals surface area contributed by atoms with Crippen molar-refractivity contribution in [2.45, 2.75) is 0 Å². The first kappa shape index (κ1) is 15.3. The summed E-state index contributed by atoms with van der Waals surface area (Å²) in [5.41, 5.74) is 0.321. The third-order valence-electron chi connectivity index (χ3n) is 3.15. The fourth-order valence-electron chi connectivity index (χ4n) is 1.99. The highest BCUT2D eigenvalue weighted by molar-refractivity contribution is 6.05. The van der Waals surface area contributed by atoms with Crippen molar-refractivity contribution in [3.8, 4) is 5.75 Å². The molecule has 114 valence electrons. The highest BCUT2D eigenvalue weighted by Crippen LogP contribution is 2.16. The van der Waals surface area contributed by atoms with Gasteiger partial charge in [-0.3, -0.25) is 15.0 Å². The smallest absolute Gasteiger partial charge is 0.322 e. The van der Waals surface area contributed by atoms with Gasteiger partial charge in [-0.05, 0) is 12.1 Å². The molecule has 1 aromatic carbocycles. The number of nitrogens with zero attached hydrogens (tertiary/aromatic N) is 1. The summed E-state index contributed by atoms with van der Waals surface area (Å²) in [5, 5.41) is 4.93. The van der Waals surface area contributed by atoms with Gasteiger partial charge in [0, 0.05) is 13.1 Å². The van der Waals surface area contributed by atoms with Gasteiger partial charge in [0.15, 0.2) is 0 Å². The number of hydrogen-bond donors (Lipinski definition) is 2. The average molecular weight is 293 g/mol. The molecule has 0 radical (unpaired) electrons. The van der Waals surface area contributed by atoms with E-state index in [0.717, 1.165) is 13.1 Å². The van der Waals surface area contributed by atoms with Gasteiger partial charge < -0.3 is 14.8 Å². The van der Waals surface area contributed by atoms with Crippen LogP contribution in [-0.2, 0) is 4.74 Å². The number of rotatable bonds is 4. The summed E-state index contributed by atoms with van der Waals surface area (Å²) in [6.45, 7) is 3.22. The Balaban J connectivity index is 1.82. The predicted octanol–water partition coefficient (Wildman–Crippen LogP) is 0.424. The molecule has 1 saturated heterocycles. The molecule has 7 nitrogen and oxygen atoms in total. The largest absolute Gasteiger partial charge is 0.496 e. The number of carbonyl (C=O) groups excluding carboxylic acids is 2. The van der Waals surface area contributed by atoms with E-state index in [4.69, 9.17) is 9.47 Å². The second kappa shape index (κ2) is 7.61. The average Bonchev–Trinajstić information content (AvgIpc) is 2.53. The standard InChI is InChI=1S/C14H19N3O4/c1-20-12-5-3-2-4-11(12)13(18)16-14(19)15-10-17-6-8-21-9-7-17/h2-5H,6-10H2,1H3,(H2,15,16,18,19). The minimum Gasteiger partial charge on any atom is -0.496 e. The monoisotopic (exact) mass is 293 g/mol. The molecule has 0 unspecified atom stereocenters. The van der Waals surface area contributed by atoms with Crippen LogP contribution in [0.25, 0.3) is 0 Å². The number of benzene rings is 1. The Hall–Kier alpha value is -2.12. The van der Waals surface area contributed by atoms with Crippen molar-refractivity contribution < 1.29 is 19.1 Å². The lowest BCUT2D eigenvalue weighted by Crippen LogP contribution is -2.47. The molecule has 1 aliphatic rings. The third kappa shape index (κ3) is 4.44. The molecule has 1 aliphatic heterocycles. The minimum atomic E-state index is -0.530. The summed E-state index contributed by atoms with van der Waals surface area (Å²) < 4.78 is 10.3. The van der Waals surface area contributed by atoms with Crippen molar-refractivity contribution in [3.63, 3.8) is 0 Å². The molecule has 2 rings (SSSR count). The maximum absolute atomic E-state index is 12.0. The van der Waals surface area contributed by atoms with Crippen LogP contribution in [0.2, 0.25) is 0 Å². The molecule has 21 heavy (non-hydrogen) atoms. The number of amides is 3. The van der Waals surface area contributed by atoms with Gasteiger partial charge in [-0.1, -0.05) is 12.1 Å². The summed E-state index contributed by atoms with van der Waals surface area (Å²) in [7, 11) is 1.48. The fourth-order valence-corrected chi connectivity index (χ4v) is 1.99. The van der Waals surface area contributed by atoms with Crippen LogP contribution in [0, 0.1) is 0 Å². The molecule has 0 aliphatic carbocycles. The zero-order valence-corrected chi connectivity index (χ0v) is 11.9. The van der Waals surface area contributed by atoms with E-state index in [1.54, 1.807) is 24.3 Å². The van der Waals surface area contributed by atoms with Gasteiger partial charge in [0.05, 0.1) is 32.6 Å². The second-order valence-electron chi connectivity index (χ2n) is 4.55. The van der Waals surface area contributed by atoms with Crippen molar-refractivity contribution in [2.75, 3.05) is 40.1 Å². The minimum absolute atomic E-state index is 0.321. The Morgan fingerprint density at radius 1 is 1.29 bits per heavy atom. The predicted molar refractivity (Wildman–Crippen MR) is 76.3 cm³/mol. The Kier molecular flexibility index (Phi) is 5.53. The number of hydrogen-bond acceptors (Lipinski definition) is 5. The number of ether oxygens (including phenoxy) is 2. The van der Waals surface area contributed by atoms with E-state index in [1.165, 1.54) is 7.11 Å². The van der Waals surface area contributed by atoms with E-state index in [2.05, 4.69) is 10.6 Å². The number of methoxy groups -OCH3 is 1. The van der Waals surface area contributed by atoms with Gasteiger partial charge in [-0.25, -0.2) is 4.79 Å². The SMILES string of the molecule is COc1ccccc1C(=O)NC(=O)NCN1CCOCC1. The van der Waals surface area contributed by atoms with E-state index in [9.17, 15) is 9.59 Å². The lowest BCUT2D eigenvalue weighted by Gasteiger charge is -2.26. The highest BCUT2D eigenvalue weighted by atomic mass is 16.5. The number of imide groups is 1. The Bertz CT molecular complexity index is 501. The molecule has 0 spiro atoms. The maximum Gasteiger partial charge on any atom is 0.322 e. The summed E-state index contributed by atoms with van der Waals surface area (Å²) in [6.07, 6.45) is 0. The molecule has 0 bridgehead atoms. The number of urea groups is 1. The van der Waals surface area contributed by atoms with Crippen molar-refractivity contribution in [1.29, 1.82) is 0 Å². The van der Waals surface area contributed by atoms with Crippen molar-refractivity contribution in [1.82, 2.24) is 15.5 Å². The molecule has 0 saturated carbocycles. The van der Waals surface area contributed by atoms with Gasteiger partial charge >= 0.3 is 6.03 Å². The molecular formula is C14H19N3O4. The van der Waals surface area contributed by atoms with E-state index in [0.29, 0.717) is 31.2 Å². The quantitative estimate of drug-likeness (QED) is 0.841. The lowest BCUT2D eigenvalue weighted by atomic mass is 10.2. The number of morpholine rings is 1. The maximum atomic E-state index is 12.0. The molecule has 0 atom stereocenters. The molecule has 1 fully saturated rings. The van der Waals surface area contributed by atoms with Gasteiger partial charge in [0.2, 0.25) is 0 Å². The first-order chi connectivity index (χ1) is 10.2. The highest BCUT2D eigenvalue weighted by Gasteiger charge is 2.15. The van der Waals surface area contributed by atoms with E-state index in [1.807, 2.05) is 4.90 Å². The van der Waals surface area contributed by atoms with Gasteiger partial charge in [-0.2, -0.15) is 0 Å². The van der Waals surface area contributed by atoms with Crippen LogP contribution >= 0.6 is 0 Å². The molecule has 0 aromatic heterocycles. The normalized spacial score (nSPS) is 15.3. The summed E-state index contributed by atoms with van der Waals surface area (Å²) in [5.74, 6) is -0.0668. The van der Waals surface area contributed by atoms with Crippen LogP contribution in [0.3, 0.4) is 0 Å². The summed E-state index contributed by atoms with van der Waals surface area (Å²) >= 11 is 0. The Morgan fingerprint density at radius 2 is 2.00 bits per heavy atom. The Morgan fingerprint density at radius 3 is 2.71 bits per heavy atom. The molecule has 2 N–H and O–H groups in total. The Labute approximate surface area is 123 Å². The van der Waals surface area contributed by atoms with Gasteiger partial charge in [0.1, 0.15) is 5.75 Å². The molecule has 1 aromatic rings. The van der Waals surface area contributed by atoms with Gasteiger partial charge in [-0.15, -0.1) is 0 Å². The molecule has 3 amide bonds. The second-order valence-corrected chi connectivity index (χ2v) is 4.55. The number of carbonyl (C=O) groups is 2. The lowest BCUT2D eigenvalue weighted by molar-refractivity contribution is 0.0355. The molecular weight excluding hydrogens is 274 g/mol. The number of nitrogens with one attached hydrogen (secondary N) is 2. The number of para-hydroxylation sites is 1. The van der Waals surface area contributed by atoms with Crippen LogP contribution in [-0.4, -0.2) is 56.9 Å². The van der Waals surface area contributed by atoms with E-state index < -0.39 is 11.9 Å². The van der Waals surface area contributed by atoms with E-state index in [-0.39, 0.29) is 0 Å². The van der Waals surface area contributed by atoms with Crippen LogP contribution in [0.4, 0.5) is 4.79 Å². The van der Waals surface area contributed by atoms with Crippen molar-refractivity contribution in [3.05, 3.63) is 29.8 Å². The fraction of sp³-hybridized carbons (Fsp3) is 0.429. The first-order valence-electron chi connectivity index (χ1n) is 6.73. The molecule has 7 heteroatoms. The topological polar surface area (TPSA) is 79.9 Å². The van der Waals surface area contributed by atoms with Crippen molar-refractivity contribution in [2.24, 2.45) is 0 Å². The van der Waals surface area contributed by atoms with Crippen LogP contribution in [0.1, 0.15) is 10.4 Å². The van der Waals surface area contributed by atoms with E-state index >= 15 is 0 Å². The van der Waals surface area contributed by atoms with Crippen LogP contribution < -0.4 is 15.4 Å². The van der Waals surface area contributed by atoms with Gasteiger partial charge in [0.25, 0.3) is 5.91 Å². The van der Waals surface area contributed by atoms with Crippen molar-refractivity contribution >= 4 is 11.9 Å². The zero-order chi connectivity index (χ0) is 15.1. The third-order valence-corrected chi connectivity index (χ3v) is 3.15. The summed E-state index contributed by atoms with van der Waals surface area (Å²) in [4.78, 5) is 25.8. The molecule has 1 heterocycles. The summed E-state index contributed by atoms with van der Waals surface area (Å²) in [6, 6.07) is 6.21. The van der Waals surface area contributed by atoms with Crippen LogP contribution in [0.5, 0.6) is 5.75 Å². The van der Waals surface area contributed by atoms with Crippen LogP contribution in [0.15, 0.2) is 24.3 Å². The first-order valence-corrected chi connectivity index (χ1v) is 6.73.